The number of amides is 1. The SMILES string of the molecule is Cc1ccc(C)c(C(=O)NC2(C#N)CCC(C)CC2)c1. The van der Waals surface area contributed by atoms with Crippen molar-refractivity contribution in [3.8, 4) is 6.07 Å². The molecule has 106 valence electrons. The molecule has 0 radical (unpaired) electrons. The molecule has 0 heterocycles. The van der Waals surface area contributed by atoms with Gasteiger partial charge in [0.2, 0.25) is 0 Å². The van der Waals surface area contributed by atoms with Gasteiger partial charge in [-0.1, -0.05) is 24.6 Å². The van der Waals surface area contributed by atoms with Gasteiger partial charge in [-0.15, -0.1) is 0 Å². The van der Waals surface area contributed by atoms with Crippen LogP contribution in [-0.2, 0) is 0 Å². The largest absolute Gasteiger partial charge is 0.334 e. The quantitative estimate of drug-likeness (QED) is 0.894. The number of hydrogen-bond donors (Lipinski definition) is 1. The van der Waals surface area contributed by atoms with Gasteiger partial charge in [-0.3, -0.25) is 4.79 Å². The number of nitrogens with zero attached hydrogens (tertiary/aromatic N) is 1. The maximum Gasteiger partial charge on any atom is 0.252 e. The number of hydrogen-bond acceptors (Lipinski definition) is 2. The Balaban J connectivity index is 2.18. The number of rotatable bonds is 2. The highest BCUT2D eigenvalue weighted by Gasteiger charge is 2.36. The number of nitriles is 1. The Morgan fingerprint density at radius 2 is 2.00 bits per heavy atom. The number of aryl methyl sites for hydroxylation is 2. The van der Waals surface area contributed by atoms with Gasteiger partial charge in [-0.25, -0.2) is 0 Å². The van der Waals surface area contributed by atoms with Crippen LogP contribution < -0.4 is 5.32 Å². The summed E-state index contributed by atoms with van der Waals surface area (Å²) in [5.41, 5.74) is 2.01. The predicted octanol–water partition coefficient (Wildman–Crippen LogP) is 3.51. The van der Waals surface area contributed by atoms with Crippen molar-refractivity contribution in [3.05, 3.63) is 34.9 Å². The molecule has 0 unspecified atom stereocenters. The van der Waals surface area contributed by atoms with Crippen LogP contribution in [0.3, 0.4) is 0 Å². The molecule has 1 aromatic rings. The van der Waals surface area contributed by atoms with E-state index in [1.807, 2.05) is 32.0 Å². The minimum atomic E-state index is -0.681. The zero-order valence-electron chi connectivity index (χ0n) is 12.5. The van der Waals surface area contributed by atoms with Gasteiger partial charge < -0.3 is 5.32 Å². The molecule has 1 saturated carbocycles. The summed E-state index contributed by atoms with van der Waals surface area (Å²) in [5, 5.41) is 12.5. The summed E-state index contributed by atoms with van der Waals surface area (Å²) in [6, 6.07) is 8.18. The van der Waals surface area contributed by atoms with Gasteiger partial charge in [-0.2, -0.15) is 5.26 Å². The Labute approximate surface area is 121 Å². The molecular formula is C17H22N2O. The highest BCUT2D eigenvalue weighted by Crippen LogP contribution is 2.31. The molecule has 1 aromatic carbocycles. The first-order chi connectivity index (χ1) is 9.46. The zero-order valence-corrected chi connectivity index (χ0v) is 12.5. The molecule has 0 saturated heterocycles. The fraction of sp³-hybridized carbons (Fsp3) is 0.529. The predicted molar refractivity (Wildman–Crippen MR) is 79.4 cm³/mol. The minimum absolute atomic E-state index is 0.123. The van der Waals surface area contributed by atoms with E-state index in [1.54, 1.807) is 0 Å². The average Bonchev–Trinajstić information content (AvgIpc) is 2.44. The van der Waals surface area contributed by atoms with Gasteiger partial charge in [0, 0.05) is 5.56 Å². The van der Waals surface area contributed by atoms with Crippen molar-refractivity contribution in [1.82, 2.24) is 5.32 Å². The van der Waals surface area contributed by atoms with E-state index in [2.05, 4.69) is 18.3 Å². The second-order valence-electron chi connectivity index (χ2n) is 6.15. The first-order valence-corrected chi connectivity index (χ1v) is 7.27. The summed E-state index contributed by atoms with van der Waals surface area (Å²) in [7, 11) is 0. The molecule has 1 fully saturated rings. The minimum Gasteiger partial charge on any atom is -0.334 e. The van der Waals surface area contributed by atoms with Crippen LogP contribution in [0.5, 0.6) is 0 Å². The molecule has 1 N–H and O–H groups in total. The molecule has 1 amide bonds. The van der Waals surface area contributed by atoms with Gasteiger partial charge in [0.05, 0.1) is 6.07 Å². The Morgan fingerprint density at radius 1 is 1.35 bits per heavy atom. The molecule has 1 aliphatic rings. The van der Waals surface area contributed by atoms with Gasteiger partial charge in [0.1, 0.15) is 5.54 Å². The molecule has 20 heavy (non-hydrogen) atoms. The monoisotopic (exact) mass is 270 g/mol. The van der Waals surface area contributed by atoms with E-state index in [1.165, 1.54) is 0 Å². The van der Waals surface area contributed by atoms with E-state index in [9.17, 15) is 10.1 Å². The Bertz CT molecular complexity index is 549. The maximum atomic E-state index is 12.5. The van der Waals surface area contributed by atoms with Gasteiger partial charge >= 0.3 is 0 Å². The van der Waals surface area contributed by atoms with E-state index in [0.29, 0.717) is 11.5 Å². The van der Waals surface area contributed by atoms with Crippen LogP contribution in [0.25, 0.3) is 0 Å². The molecule has 3 heteroatoms. The fourth-order valence-corrected chi connectivity index (χ4v) is 2.78. The highest BCUT2D eigenvalue weighted by atomic mass is 16.1. The van der Waals surface area contributed by atoms with E-state index < -0.39 is 5.54 Å². The van der Waals surface area contributed by atoms with Crippen molar-refractivity contribution >= 4 is 5.91 Å². The maximum absolute atomic E-state index is 12.5. The van der Waals surface area contributed by atoms with Crippen molar-refractivity contribution in [2.75, 3.05) is 0 Å². The smallest absolute Gasteiger partial charge is 0.252 e. The highest BCUT2D eigenvalue weighted by molar-refractivity contribution is 5.96. The lowest BCUT2D eigenvalue weighted by atomic mass is 9.78. The third kappa shape index (κ3) is 3.01. The van der Waals surface area contributed by atoms with Crippen molar-refractivity contribution in [2.45, 2.75) is 52.0 Å². The van der Waals surface area contributed by atoms with Crippen LogP contribution in [0.2, 0.25) is 0 Å². The summed E-state index contributed by atoms with van der Waals surface area (Å²) in [4.78, 5) is 12.5. The number of benzene rings is 1. The summed E-state index contributed by atoms with van der Waals surface area (Å²) in [6.45, 7) is 6.10. The topological polar surface area (TPSA) is 52.9 Å². The molecule has 3 nitrogen and oxygen atoms in total. The third-order valence-electron chi connectivity index (χ3n) is 4.33. The van der Waals surface area contributed by atoms with Crippen molar-refractivity contribution in [3.63, 3.8) is 0 Å². The van der Waals surface area contributed by atoms with Crippen molar-refractivity contribution in [2.24, 2.45) is 5.92 Å². The molecule has 0 spiro atoms. The molecule has 0 atom stereocenters. The van der Waals surface area contributed by atoms with Crippen LogP contribution in [-0.4, -0.2) is 11.4 Å². The lowest BCUT2D eigenvalue weighted by Gasteiger charge is -2.34. The Hall–Kier alpha value is -1.82. The number of nitrogens with one attached hydrogen (secondary N) is 1. The van der Waals surface area contributed by atoms with Crippen LogP contribution in [0.15, 0.2) is 18.2 Å². The van der Waals surface area contributed by atoms with Crippen molar-refractivity contribution in [1.29, 1.82) is 5.26 Å². The summed E-state index contributed by atoms with van der Waals surface area (Å²) >= 11 is 0. The van der Waals surface area contributed by atoms with E-state index in [0.717, 1.165) is 36.8 Å². The first-order valence-electron chi connectivity index (χ1n) is 7.27. The van der Waals surface area contributed by atoms with E-state index in [-0.39, 0.29) is 5.91 Å². The van der Waals surface area contributed by atoms with Crippen LogP contribution in [0.1, 0.15) is 54.1 Å². The van der Waals surface area contributed by atoms with Gasteiger partial charge in [-0.05, 0) is 57.1 Å². The zero-order chi connectivity index (χ0) is 14.8. The molecule has 0 bridgehead atoms. The lowest BCUT2D eigenvalue weighted by Crippen LogP contribution is -2.49. The van der Waals surface area contributed by atoms with Crippen LogP contribution in [0.4, 0.5) is 0 Å². The molecule has 0 aromatic heterocycles. The molecule has 1 aliphatic carbocycles. The average molecular weight is 270 g/mol. The second kappa shape index (κ2) is 5.66. The number of carbonyl (C=O) groups is 1. The Morgan fingerprint density at radius 3 is 2.60 bits per heavy atom. The van der Waals surface area contributed by atoms with Crippen LogP contribution in [0, 0.1) is 31.1 Å². The normalized spacial score (nSPS) is 25.8. The lowest BCUT2D eigenvalue weighted by molar-refractivity contribution is 0.0893. The number of carbonyl (C=O) groups excluding carboxylic acids is 1. The standard InChI is InChI=1S/C17H22N2O/c1-12-6-8-17(11-18,9-7-12)19-16(20)15-10-13(2)4-5-14(15)3/h4-5,10,12H,6-9H2,1-3H3,(H,19,20). The Kier molecular flexibility index (Phi) is 4.13. The third-order valence-corrected chi connectivity index (χ3v) is 4.33. The summed E-state index contributed by atoms with van der Waals surface area (Å²) in [5.74, 6) is 0.524. The second-order valence-corrected chi connectivity index (χ2v) is 6.15. The first kappa shape index (κ1) is 14.6. The van der Waals surface area contributed by atoms with Crippen molar-refractivity contribution < 1.29 is 4.79 Å². The van der Waals surface area contributed by atoms with Gasteiger partial charge in [0.25, 0.3) is 5.91 Å². The molecule has 0 aliphatic heterocycles. The summed E-state index contributed by atoms with van der Waals surface area (Å²) < 4.78 is 0. The molecule has 2 rings (SSSR count). The van der Waals surface area contributed by atoms with Crippen LogP contribution >= 0.6 is 0 Å². The molecular weight excluding hydrogens is 248 g/mol. The van der Waals surface area contributed by atoms with E-state index >= 15 is 0 Å². The summed E-state index contributed by atoms with van der Waals surface area (Å²) in [6.07, 6.45) is 3.50. The fourth-order valence-electron chi connectivity index (χ4n) is 2.78. The van der Waals surface area contributed by atoms with E-state index in [4.69, 9.17) is 0 Å². The van der Waals surface area contributed by atoms with Gasteiger partial charge in [0.15, 0.2) is 0 Å².